The first-order valence-corrected chi connectivity index (χ1v) is 13.8. The first kappa shape index (κ1) is 24.9. The molecule has 0 N–H and O–H groups in total. The molecule has 2 aromatic rings. The third kappa shape index (κ3) is 6.06. The molecule has 1 atom stereocenters. The molecule has 186 valence electrons. The molecular weight excluding hydrogens is 454 g/mol. The van der Waals surface area contributed by atoms with Gasteiger partial charge in [-0.1, -0.05) is 43.2 Å². The highest BCUT2D eigenvalue weighted by atomic mass is 32.2. The van der Waals surface area contributed by atoms with Crippen LogP contribution in [-0.4, -0.2) is 61.7 Å². The normalized spacial score (nSPS) is 19.0. The Labute approximate surface area is 202 Å². The standard InChI is InChI=1S/C25H35N3O5S/c1-32-15-13-28-22(16-26-25(28)34(30,31)19-20-8-3-2-4-9-20)17-27(18-23-12-7-14-33-23)24(29)21-10-5-6-11-21/h2-4,8-9,16,21,23H,5-7,10-15,17-19H2,1H3. The number of rotatable bonds is 11. The van der Waals surface area contributed by atoms with Gasteiger partial charge in [-0.2, -0.15) is 0 Å². The van der Waals surface area contributed by atoms with Gasteiger partial charge in [0, 0.05) is 32.7 Å². The number of amides is 1. The van der Waals surface area contributed by atoms with E-state index >= 15 is 0 Å². The number of carbonyl (C=O) groups is 1. The molecule has 1 aliphatic carbocycles. The summed E-state index contributed by atoms with van der Waals surface area (Å²) in [6, 6.07) is 9.10. The van der Waals surface area contributed by atoms with Gasteiger partial charge in [-0.05, 0) is 31.2 Å². The van der Waals surface area contributed by atoms with E-state index in [2.05, 4.69) is 4.98 Å². The van der Waals surface area contributed by atoms with Crippen LogP contribution < -0.4 is 0 Å². The van der Waals surface area contributed by atoms with E-state index in [1.165, 1.54) is 0 Å². The van der Waals surface area contributed by atoms with E-state index in [1.54, 1.807) is 30.0 Å². The number of hydrogen-bond donors (Lipinski definition) is 0. The monoisotopic (exact) mass is 489 g/mol. The van der Waals surface area contributed by atoms with Crippen LogP contribution in [-0.2, 0) is 42.9 Å². The molecule has 2 fully saturated rings. The van der Waals surface area contributed by atoms with Gasteiger partial charge in [-0.15, -0.1) is 0 Å². The van der Waals surface area contributed by atoms with Gasteiger partial charge >= 0.3 is 0 Å². The third-order valence-electron chi connectivity index (χ3n) is 6.72. The average molecular weight is 490 g/mol. The van der Waals surface area contributed by atoms with Crippen molar-refractivity contribution in [1.29, 1.82) is 0 Å². The number of ether oxygens (including phenoxy) is 2. The van der Waals surface area contributed by atoms with Crippen molar-refractivity contribution >= 4 is 15.7 Å². The van der Waals surface area contributed by atoms with Crippen molar-refractivity contribution in [3.05, 3.63) is 47.8 Å². The second-order valence-corrected chi connectivity index (χ2v) is 11.1. The number of methoxy groups -OCH3 is 1. The second-order valence-electron chi connectivity index (χ2n) is 9.26. The van der Waals surface area contributed by atoms with E-state index in [1.807, 2.05) is 23.1 Å². The van der Waals surface area contributed by atoms with Crippen molar-refractivity contribution in [2.75, 3.05) is 26.9 Å². The topological polar surface area (TPSA) is 90.7 Å². The van der Waals surface area contributed by atoms with Crippen LogP contribution in [0.5, 0.6) is 0 Å². The van der Waals surface area contributed by atoms with Crippen LogP contribution in [0, 0.1) is 5.92 Å². The Morgan fingerprint density at radius 1 is 1.18 bits per heavy atom. The SMILES string of the molecule is COCCn1c(CN(CC2CCCO2)C(=O)C2CCCC2)cnc1S(=O)(=O)Cc1ccccc1. The fourth-order valence-electron chi connectivity index (χ4n) is 4.94. The molecule has 0 radical (unpaired) electrons. The van der Waals surface area contributed by atoms with Gasteiger partial charge in [0.25, 0.3) is 0 Å². The lowest BCUT2D eigenvalue weighted by atomic mass is 10.1. The number of hydrogen-bond acceptors (Lipinski definition) is 6. The highest BCUT2D eigenvalue weighted by Gasteiger charge is 2.32. The van der Waals surface area contributed by atoms with Gasteiger partial charge in [0.15, 0.2) is 0 Å². The van der Waals surface area contributed by atoms with E-state index in [4.69, 9.17) is 9.47 Å². The van der Waals surface area contributed by atoms with Crippen LogP contribution in [0.4, 0.5) is 0 Å². The van der Waals surface area contributed by atoms with E-state index in [0.717, 1.165) is 45.1 Å². The van der Waals surface area contributed by atoms with Gasteiger partial charge in [-0.25, -0.2) is 13.4 Å². The zero-order chi connectivity index (χ0) is 24.0. The van der Waals surface area contributed by atoms with Crippen LogP contribution in [0.2, 0.25) is 0 Å². The minimum absolute atomic E-state index is 0.0220. The van der Waals surface area contributed by atoms with Crippen molar-refractivity contribution in [3.8, 4) is 0 Å². The lowest BCUT2D eigenvalue weighted by Gasteiger charge is -2.28. The molecule has 9 heteroatoms. The van der Waals surface area contributed by atoms with Crippen LogP contribution in [0.3, 0.4) is 0 Å². The van der Waals surface area contributed by atoms with Crippen molar-refractivity contribution in [2.45, 2.75) is 68.6 Å². The molecule has 0 spiro atoms. The Kier molecular flexibility index (Phi) is 8.39. The molecule has 2 heterocycles. The molecule has 1 saturated carbocycles. The molecule has 8 nitrogen and oxygen atoms in total. The van der Waals surface area contributed by atoms with Crippen molar-refractivity contribution in [2.24, 2.45) is 5.92 Å². The molecule has 1 unspecified atom stereocenters. The fraction of sp³-hybridized carbons (Fsp3) is 0.600. The molecule has 1 aliphatic heterocycles. The quantitative estimate of drug-likeness (QED) is 0.481. The number of sulfone groups is 1. The molecule has 34 heavy (non-hydrogen) atoms. The zero-order valence-electron chi connectivity index (χ0n) is 19.9. The van der Waals surface area contributed by atoms with E-state index < -0.39 is 9.84 Å². The Hall–Kier alpha value is -2.23. The smallest absolute Gasteiger partial charge is 0.228 e. The van der Waals surface area contributed by atoms with E-state index in [9.17, 15) is 13.2 Å². The number of nitrogens with zero attached hydrogens (tertiary/aromatic N) is 3. The summed E-state index contributed by atoms with van der Waals surface area (Å²) < 4.78 is 39.3. The number of carbonyl (C=O) groups excluding carboxylic acids is 1. The summed E-state index contributed by atoms with van der Waals surface area (Å²) >= 11 is 0. The summed E-state index contributed by atoms with van der Waals surface area (Å²) in [6.45, 7) is 2.26. The predicted molar refractivity (Wildman–Crippen MR) is 128 cm³/mol. The maximum Gasteiger partial charge on any atom is 0.228 e. The Balaban J connectivity index is 1.60. The fourth-order valence-corrected chi connectivity index (χ4v) is 6.46. The Morgan fingerprint density at radius 2 is 1.94 bits per heavy atom. The summed E-state index contributed by atoms with van der Waals surface area (Å²) in [4.78, 5) is 19.6. The molecule has 4 rings (SSSR count). The van der Waals surface area contributed by atoms with Crippen LogP contribution in [0.25, 0.3) is 0 Å². The van der Waals surface area contributed by atoms with Crippen LogP contribution in [0.1, 0.15) is 49.8 Å². The molecule has 1 aromatic heterocycles. The molecule has 2 aliphatic rings. The maximum atomic E-state index is 13.4. The largest absolute Gasteiger partial charge is 0.383 e. The van der Waals surface area contributed by atoms with Crippen LogP contribution >= 0.6 is 0 Å². The minimum atomic E-state index is -3.68. The Bertz CT molecular complexity index is 1040. The molecule has 1 amide bonds. The van der Waals surface area contributed by atoms with Gasteiger partial charge < -0.3 is 18.9 Å². The van der Waals surface area contributed by atoms with Crippen LogP contribution in [0.15, 0.2) is 41.7 Å². The maximum absolute atomic E-state index is 13.4. The summed E-state index contributed by atoms with van der Waals surface area (Å²) in [5.41, 5.74) is 1.41. The second kappa shape index (κ2) is 11.5. The number of benzene rings is 1. The van der Waals surface area contributed by atoms with Crippen molar-refractivity contribution in [3.63, 3.8) is 0 Å². The third-order valence-corrected chi connectivity index (χ3v) is 8.31. The van der Waals surface area contributed by atoms with Gasteiger partial charge in [0.2, 0.25) is 20.9 Å². The number of imidazole rings is 1. The molecule has 1 saturated heterocycles. The number of aromatic nitrogens is 2. The lowest BCUT2D eigenvalue weighted by Crippen LogP contribution is -2.40. The first-order valence-electron chi connectivity index (χ1n) is 12.2. The minimum Gasteiger partial charge on any atom is -0.383 e. The summed E-state index contributed by atoms with van der Waals surface area (Å²) in [5.74, 6) is 0.0528. The highest BCUT2D eigenvalue weighted by molar-refractivity contribution is 7.90. The summed E-state index contributed by atoms with van der Waals surface area (Å²) in [6.07, 6.45) is 7.56. The van der Waals surface area contributed by atoms with Gasteiger partial charge in [0.05, 0.1) is 36.9 Å². The molecular formula is C25H35N3O5S. The summed E-state index contributed by atoms with van der Waals surface area (Å²) in [7, 11) is -2.09. The van der Waals surface area contributed by atoms with Crippen molar-refractivity contribution < 1.29 is 22.7 Å². The average Bonchev–Trinajstić information content (AvgIpc) is 3.59. The predicted octanol–water partition coefficient (Wildman–Crippen LogP) is 3.20. The van der Waals surface area contributed by atoms with E-state index in [0.29, 0.717) is 37.5 Å². The summed E-state index contributed by atoms with van der Waals surface area (Å²) in [5, 5.41) is 0.0220. The molecule has 1 aromatic carbocycles. The lowest BCUT2D eigenvalue weighted by molar-refractivity contribution is -0.137. The zero-order valence-corrected chi connectivity index (χ0v) is 20.7. The Morgan fingerprint density at radius 3 is 2.62 bits per heavy atom. The first-order chi connectivity index (χ1) is 16.5. The van der Waals surface area contributed by atoms with Gasteiger partial charge in [0.1, 0.15) is 0 Å². The van der Waals surface area contributed by atoms with Crippen molar-refractivity contribution in [1.82, 2.24) is 14.5 Å². The van der Waals surface area contributed by atoms with E-state index in [-0.39, 0.29) is 28.8 Å². The highest BCUT2D eigenvalue weighted by Crippen LogP contribution is 2.28. The molecule has 0 bridgehead atoms. The van der Waals surface area contributed by atoms with Gasteiger partial charge in [-0.3, -0.25) is 4.79 Å².